The topological polar surface area (TPSA) is 12.0 Å². The van der Waals surface area contributed by atoms with Crippen LogP contribution < -0.4 is 5.32 Å². The van der Waals surface area contributed by atoms with Gasteiger partial charge < -0.3 is 5.32 Å². The average molecular weight is 243 g/mol. The van der Waals surface area contributed by atoms with Gasteiger partial charge in [0.15, 0.2) is 17.5 Å². The molecule has 0 saturated heterocycles. The molecule has 0 fully saturated rings. The van der Waals surface area contributed by atoms with E-state index in [0.717, 1.165) is 11.6 Å². The quantitative estimate of drug-likeness (QED) is 0.614. The van der Waals surface area contributed by atoms with Crippen molar-refractivity contribution in [3.05, 3.63) is 47.3 Å². The van der Waals surface area contributed by atoms with Gasteiger partial charge in [-0.25, -0.2) is 13.2 Å². The fraction of sp³-hybridized carbons (Fsp3) is 0.385. The summed E-state index contributed by atoms with van der Waals surface area (Å²) in [6, 6.07) is 1.87. The molecule has 1 rings (SSSR count). The Morgan fingerprint density at radius 2 is 1.94 bits per heavy atom. The number of nitrogens with one attached hydrogen (secondary N) is 1. The van der Waals surface area contributed by atoms with Crippen LogP contribution in [0.2, 0.25) is 0 Å². The molecule has 0 amide bonds. The van der Waals surface area contributed by atoms with Crippen LogP contribution in [-0.2, 0) is 0 Å². The molecule has 0 heterocycles. The second-order valence-corrected chi connectivity index (χ2v) is 4.10. The number of benzene rings is 1. The molecule has 17 heavy (non-hydrogen) atoms. The van der Waals surface area contributed by atoms with E-state index < -0.39 is 17.5 Å². The summed E-state index contributed by atoms with van der Waals surface area (Å²) in [5.41, 5.74) is 1.11. The van der Waals surface area contributed by atoms with Gasteiger partial charge in [-0.1, -0.05) is 11.6 Å². The predicted octanol–water partition coefficient (Wildman–Crippen LogP) is 3.72. The molecule has 1 aromatic rings. The van der Waals surface area contributed by atoms with E-state index in [4.69, 9.17) is 0 Å². The van der Waals surface area contributed by atoms with Gasteiger partial charge in [0.25, 0.3) is 0 Å². The molecule has 0 aromatic heterocycles. The minimum Gasteiger partial charge on any atom is -0.313 e. The molecule has 1 unspecified atom stereocenters. The van der Waals surface area contributed by atoms with Crippen LogP contribution in [0.3, 0.4) is 0 Å². The molecule has 0 aliphatic heterocycles. The Morgan fingerprint density at radius 3 is 2.47 bits per heavy atom. The summed E-state index contributed by atoms with van der Waals surface area (Å²) in [6.45, 7) is 5.62. The molecule has 0 saturated carbocycles. The zero-order chi connectivity index (χ0) is 13.0. The smallest absolute Gasteiger partial charge is 0.194 e. The van der Waals surface area contributed by atoms with Gasteiger partial charge >= 0.3 is 0 Å². The molecule has 0 aliphatic rings. The van der Waals surface area contributed by atoms with Gasteiger partial charge in [-0.15, -0.1) is 6.58 Å². The van der Waals surface area contributed by atoms with Gasteiger partial charge in [0.1, 0.15) is 0 Å². The molecule has 0 spiro atoms. The summed E-state index contributed by atoms with van der Waals surface area (Å²) in [7, 11) is 1.66. The van der Waals surface area contributed by atoms with Gasteiger partial charge in [-0.05, 0) is 32.9 Å². The lowest BCUT2D eigenvalue weighted by Crippen LogP contribution is -2.18. The average Bonchev–Trinajstić information content (AvgIpc) is 2.29. The lowest BCUT2D eigenvalue weighted by atomic mass is 9.99. The third-order valence-corrected chi connectivity index (χ3v) is 2.65. The van der Waals surface area contributed by atoms with Gasteiger partial charge in [0, 0.05) is 11.6 Å². The zero-order valence-electron chi connectivity index (χ0n) is 9.99. The molecular formula is C13H16F3N. The lowest BCUT2D eigenvalue weighted by molar-refractivity contribution is 0.424. The van der Waals surface area contributed by atoms with Crippen LogP contribution in [0.1, 0.15) is 31.4 Å². The highest BCUT2D eigenvalue weighted by atomic mass is 19.2. The molecule has 94 valence electrons. The maximum atomic E-state index is 13.5. The van der Waals surface area contributed by atoms with Crippen molar-refractivity contribution < 1.29 is 13.2 Å². The van der Waals surface area contributed by atoms with E-state index in [-0.39, 0.29) is 11.6 Å². The highest BCUT2D eigenvalue weighted by Crippen LogP contribution is 2.25. The molecule has 0 bridgehead atoms. The van der Waals surface area contributed by atoms with Crippen molar-refractivity contribution in [3.63, 3.8) is 0 Å². The van der Waals surface area contributed by atoms with Crippen LogP contribution in [0.15, 0.2) is 24.3 Å². The van der Waals surface area contributed by atoms with Crippen LogP contribution in [-0.4, -0.2) is 7.05 Å². The van der Waals surface area contributed by atoms with Crippen molar-refractivity contribution in [2.45, 2.75) is 25.8 Å². The van der Waals surface area contributed by atoms with Crippen molar-refractivity contribution in [1.29, 1.82) is 0 Å². The summed E-state index contributed by atoms with van der Waals surface area (Å²) < 4.78 is 39.4. The number of hydrogen-bond donors (Lipinski definition) is 1. The first-order chi connectivity index (χ1) is 7.97. The Morgan fingerprint density at radius 1 is 1.29 bits per heavy atom. The fourth-order valence-corrected chi connectivity index (χ4v) is 1.66. The minimum absolute atomic E-state index is 0.146. The minimum atomic E-state index is -1.42. The third-order valence-electron chi connectivity index (χ3n) is 2.65. The fourth-order valence-electron chi connectivity index (χ4n) is 1.66. The standard InChI is InChI=1S/C13H16F3N/c1-8(2)4-7-11(17-3)9-5-6-10(14)13(16)12(9)15/h5-6,11,17H,1,4,7H2,2-3H3. The first-order valence-electron chi connectivity index (χ1n) is 5.42. The summed E-state index contributed by atoms with van der Waals surface area (Å²) in [5.74, 6) is -3.70. The molecule has 0 radical (unpaired) electrons. The molecule has 0 aliphatic carbocycles. The maximum absolute atomic E-state index is 13.5. The summed E-state index contributed by atoms with van der Waals surface area (Å²) in [5, 5.41) is 2.89. The first kappa shape index (κ1) is 13.8. The Balaban J connectivity index is 2.96. The molecule has 1 N–H and O–H groups in total. The lowest BCUT2D eigenvalue weighted by Gasteiger charge is -2.17. The van der Waals surface area contributed by atoms with Gasteiger partial charge in [-0.3, -0.25) is 0 Å². The maximum Gasteiger partial charge on any atom is 0.194 e. The number of halogens is 3. The third kappa shape index (κ3) is 3.33. The van der Waals surface area contributed by atoms with Crippen molar-refractivity contribution in [3.8, 4) is 0 Å². The van der Waals surface area contributed by atoms with Crippen molar-refractivity contribution in [2.75, 3.05) is 7.05 Å². The molecule has 1 atom stereocenters. The summed E-state index contributed by atoms with van der Waals surface area (Å²) in [4.78, 5) is 0. The number of allylic oxidation sites excluding steroid dienone is 1. The Hall–Kier alpha value is -1.29. The van der Waals surface area contributed by atoms with E-state index in [9.17, 15) is 13.2 Å². The number of rotatable bonds is 5. The largest absolute Gasteiger partial charge is 0.313 e. The van der Waals surface area contributed by atoms with Crippen LogP contribution in [0.5, 0.6) is 0 Å². The van der Waals surface area contributed by atoms with E-state index >= 15 is 0 Å². The summed E-state index contributed by atoms with van der Waals surface area (Å²) >= 11 is 0. The number of hydrogen-bond acceptors (Lipinski definition) is 1. The van der Waals surface area contributed by atoms with E-state index in [1.807, 2.05) is 6.92 Å². The highest BCUT2D eigenvalue weighted by molar-refractivity contribution is 5.23. The Bertz CT molecular complexity index is 415. The second kappa shape index (κ2) is 5.87. The van der Waals surface area contributed by atoms with E-state index in [1.165, 1.54) is 6.07 Å². The zero-order valence-corrected chi connectivity index (χ0v) is 9.99. The van der Waals surface area contributed by atoms with Crippen LogP contribution in [0, 0.1) is 17.5 Å². The second-order valence-electron chi connectivity index (χ2n) is 4.10. The van der Waals surface area contributed by atoms with Crippen molar-refractivity contribution in [2.24, 2.45) is 0 Å². The molecular weight excluding hydrogens is 227 g/mol. The molecule has 1 aromatic carbocycles. The van der Waals surface area contributed by atoms with Gasteiger partial charge in [-0.2, -0.15) is 0 Å². The van der Waals surface area contributed by atoms with Gasteiger partial charge in [0.05, 0.1) is 0 Å². The SMILES string of the molecule is C=C(C)CCC(NC)c1ccc(F)c(F)c1F. The van der Waals surface area contributed by atoms with E-state index in [2.05, 4.69) is 11.9 Å². The Labute approximate surface area is 99.3 Å². The Kier molecular flexibility index (Phi) is 4.75. The van der Waals surface area contributed by atoms with Crippen LogP contribution in [0.4, 0.5) is 13.2 Å². The summed E-state index contributed by atoms with van der Waals surface area (Å²) in [6.07, 6.45) is 1.29. The van der Waals surface area contributed by atoms with Crippen LogP contribution in [0.25, 0.3) is 0 Å². The molecule has 1 nitrogen and oxygen atoms in total. The normalized spacial score (nSPS) is 12.5. The molecule has 4 heteroatoms. The van der Waals surface area contributed by atoms with Crippen molar-refractivity contribution in [1.82, 2.24) is 5.32 Å². The predicted molar refractivity (Wildman–Crippen MR) is 62.2 cm³/mol. The van der Waals surface area contributed by atoms with Gasteiger partial charge in [0.2, 0.25) is 0 Å². The van der Waals surface area contributed by atoms with E-state index in [1.54, 1.807) is 7.05 Å². The highest BCUT2D eigenvalue weighted by Gasteiger charge is 2.19. The van der Waals surface area contributed by atoms with E-state index in [0.29, 0.717) is 12.8 Å². The first-order valence-corrected chi connectivity index (χ1v) is 5.42. The van der Waals surface area contributed by atoms with Crippen LogP contribution >= 0.6 is 0 Å². The van der Waals surface area contributed by atoms with Crippen molar-refractivity contribution >= 4 is 0 Å². The monoisotopic (exact) mass is 243 g/mol.